The van der Waals surface area contributed by atoms with Gasteiger partial charge in [0.05, 0.1) is 5.69 Å². The number of halogens is 2. The summed E-state index contributed by atoms with van der Waals surface area (Å²) in [5.41, 5.74) is 3.14. The van der Waals surface area contributed by atoms with Crippen LogP contribution in [0, 0.1) is 25.5 Å². The van der Waals surface area contributed by atoms with Crippen LogP contribution in [0.25, 0.3) is 0 Å². The van der Waals surface area contributed by atoms with Gasteiger partial charge in [-0.3, -0.25) is 0 Å². The fourth-order valence-corrected chi connectivity index (χ4v) is 1.98. The maximum absolute atomic E-state index is 13.4. The van der Waals surface area contributed by atoms with Gasteiger partial charge in [-0.2, -0.15) is 0 Å². The lowest BCUT2D eigenvalue weighted by molar-refractivity contribution is 0.251. The van der Waals surface area contributed by atoms with E-state index in [-0.39, 0.29) is 5.69 Å². The summed E-state index contributed by atoms with van der Waals surface area (Å²) in [6.45, 7) is 4.29. The molecule has 2 amide bonds. The van der Waals surface area contributed by atoms with Crippen LogP contribution < -0.4 is 10.6 Å². The molecule has 0 saturated carbocycles. The van der Waals surface area contributed by atoms with E-state index < -0.39 is 17.7 Å². The van der Waals surface area contributed by atoms with Gasteiger partial charge >= 0.3 is 6.03 Å². The molecule has 0 aliphatic rings. The van der Waals surface area contributed by atoms with Crippen molar-refractivity contribution in [3.63, 3.8) is 0 Å². The molecule has 2 N–H and O–H groups in total. The van der Waals surface area contributed by atoms with E-state index in [0.29, 0.717) is 6.54 Å². The van der Waals surface area contributed by atoms with Crippen LogP contribution in [-0.4, -0.2) is 6.03 Å². The van der Waals surface area contributed by atoms with E-state index in [9.17, 15) is 13.6 Å². The van der Waals surface area contributed by atoms with Crippen molar-refractivity contribution in [2.45, 2.75) is 20.4 Å². The van der Waals surface area contributed by atoms with Crippen molar-refractivity contribution in [1.29, 1.82) is 0 Å². The predicted molar refractivity (Wildman–Crippen MR) is 78.1 cm³/mol. The molecule has 0 radical (unpaired) electrons. The van der Waals surface area contributed by atoms with E-state index in [2.05, 4.69) is 10.6 Å². The smallest absolute Gasteiger partial charge is 0.319 e. The molecular formula is C16H16F2N2O. The topological polar surface area (TPSA) is 41.1 Å². The number of urea groups is 1. The molecule has 3 nitrogen and oxygen atoms in total. The highest BCUT2D eigenvalue weighted by Gasteiger charge is 2.08. The number of anilines is 1. The Morgan fingerprint density at radius 1 is 1.10 bits per heavy atom. The molecule has 2 rings (SSSR count). The van der Waals surface area contributed by atoms with Crippen molar-refractivity contribution < 1.29 is 13.6 Å². The van der Waals surface area contributed by atoms with Gasteiger partial charge in [-0.25, -0.2) is 13.6 Å². The first-order valence-electron chi connectivity index (χ1n) is 6.52. The Bertz CT molecular complexity index is 671. The van der Waals surface area contributed by atoms with Gasteiger partial charge in [0, 0.05) is 12.6 Å². The molecule has 2 aromatic carbocycles. The number of hydrogen-bond donors (Lipinski definition) is 2. The molecule has 0 atom stereocenters. The molecule has 0 aromatic heterocycles. The molecule has 0 saturated heterocycles. The largest absolute Gasteiger partial charge is 0.334 e. The number of nitrogens with one attached hydrogen (secondary N) is 2. The molecule has 0 aliphatic carbocycles. The average molecular weight is 290 g/mol. The van der Waals surface area contributed by atoms with Gasteiger partial charge in [-0.1, -0.05) is 23.8 Å². The highest BCUT2D eigenvalue weighted by molar-refractivity contribution is 5.89. The molecular weight excluding hydrogens is 274 g/mol. The minimum atomic E-state index is -0.809. The van der Waals surface area contributed by atoms with Crippen LogP contribution in [0.2, 0.25) is 0 Å². The van der Waals surface area contributed by atoms with Gasteiger partial charge in [-0.15, -0.1) is 0 Å². The number of carbonyl (C=O) groups is 1. The summed E-state index contributed by atoms with van der Waals surface area (Å²) < 4.78 is 26.2. The summed E-state index contributed by atoms with van der Waals surface area (Å²) in [7, 11) is 0. The lowest BCUT2D eigenvalue weighted by Crippen LogP contribution is -2.28. The van der Waals surface area contributed by atoms with Gasteiger partial charge < -0.3 is 10.6 Å². The van der Waals surface area contributed by atoms with Crippen LogP contribution in [0.4, 0.5) is 19.3 Å². The summed E-state index contributed by atoms with van der Waals surface area (Å²) in [6.07, 6.45) is 0. The van der Waals surface area contributed by atoms with Crippen LogP contribution in [0.15, 0.2) is 36.4 Å². The van der Waals surface area contributed by atoms with Gasteiger partial charge in [0.2, 0.25) is 0 Å². The number of aryl methyl sites for hydroxylation is 2. The van der Waals surface area contributed by atoms with Gasteiger partial charge in [0.1, 0.15) is 11.6 Å². The Morgan fingerprint density at radius 3 is 2.52 bits per heavy atom. The van der Waals surface area contributed by atoms with Crippen LogP contribution in [0.3, 0.4) is 0 Å². The quantitative estimate of drug-likeness (QED) is 0.884. The predicted octanol–water partition coefficient (Wildman–Crippen LogP) is 3.90. The van der Waals surface area contributed by atoms with Crippen molar-refractivity contribution in [1.82, 2.24) is 5.32 Å². The second kappa shape index (κ2) is 6.35. The molecule has 0 heterocycles. The lowest BCUT2D eigenvalue weighted by atomic mass is 10.1. The molecule has 2 aromatic rings. The van der Waals surface area contributed by atoms with E-state index in [1.54, 1.807) is 0 Å². The third kappa shape index (κ3) is 4.02. The minimum absolute atomic E-state index is 0.0606. The van der Waals surface area contributed by atoms with E-state index in [1.807, 2.05) is 32.0 Å². The Labute approximate surface area is 122 Å². The third-order valence-electron chi connectivity index (χ3n) is 3.12. The molecule has 0 spiro atoms. The fraction of sp³-hybridized carbons (Fsp3) is 0.188. The van der Waals surface area contributed by atoms with E-state index in [4.69, 9.17) is 0 Å². The van der Waals surface area contributed by atoms with Crippen molar-refractivity contribution in [2.75, 3.05) is 5.32 Å². The molecule has 0 unspecified atom stereocenters. The second-order valence-electron chi connectivity index (χ2n) is 4.86. The van der Waals surface area contributed by atoms with Gasteiger partial charge in [0.25, 0.3) is 0 Å². The molecule has 21 heavy (non-hydrogen) atoms. The first-order valence-corrected chi connectivity index (χ1v) is 6.52. The molecule has 0 aliphatic heterocycles. The fourth-order valence-electron chi connectivity index (χ4n) is 1.98. The number of amides is 2. The SMILES string of the molecule is Cc1ccc(CNC(=O)Nc2ccc(F)cc2F)c(C)c1. The minimum Gasteiger partial charge on any atom is -0.334 e. The van der Waals surface area contributed by atoms with Crippen molar-refractivity contribution in [2.24, 2.45) is 0 Å². The lowest BCUT2D eigenvalue weighted by Gasteiger charge is -2.10. The summed E-state index contributed by atoms with van der Waals surface area (Å²) in [4.78, 5) is 11.7. The van der Waals surface area contributed by atoms with E-state index in [0.717, 1.165) is 28.8 Å². The summed E-state index contributed by atoms with van der Waals surface area (Å²) in [5.74, 6) is -1.49. The first-order chi connectivity index (χ1) is 9.95. The summed E-state index contributed by atoms with van der Waals surface area (Å²) >= 11 is 0. The maximum Gasteiger partial charge on any atom is 0.319 e. The number of rotatable bonds is 3. The third-order valence-corrected chi connectivity index (χ3v) is 3.12. The zero-order valence-corrected chi connectivity index (χ0v) is 11.8. The van der Waals surface area contributed by atoms with Crippen LogP contribution in [0.5, 0.6) is 0 Å². The summed E-state index contributed by atoms with van der Waals surface area (Å²) in [6, 6.07) is 8.36. The first kappa shape index (κ1) is 15.0. The highest BCUT2D eigenvalue weighted by atomic mass is 19.1. The maximum atomic E-state index is 13.4. The molecule has 110 valence electrons. The Balaban J connectivity index is 1.96. The molecule has 5 heteroatoms. The average Bonchev–Trinajstić information content (AvgIpc) is 2.41. The number of carbonyl (C=O) groups excluding carboxylic acids is 1. The Hall–Kier alpha value is -2.43. The zero-order chi connectivity index (χ0) is 15.4. The number of hydrogen-bond acceptors (Lipinski definition) is 1. The van der Waals surface area contributed by atoms with E-state index >= 15 is 0 Å². The monoisotopic (exact) mass is 290 g/mol. The molecule has 0 bridgehead atoms. The zero-order valence-electron chi connectivity index (χ0n) is 11.8. The van der Waals surface area contributed by atoms with Crippen LogP contribution in [0.1, 0.15) is 16.7 Å². The van der Waals surface area contributed by atoms with E-state index in [1.165, 1.54) is 6.07 Å². The van der Waals surface area contributed by atoms with Crippen LogP contribution >= 0.6 is 0 Å². The normalized spacial score (nSPS) is 10.3. The summed E-state index contributed by atoms with van der Waals surface area (Å²) in [5, 5.41) is 4.99. The Kier molecular flexibility index (Phi) is 4.52. The second-order valence-corrected chi connectivity index (χ2v) is 4.86. The standard InChI is InChI=1S/C16H16F2N2O/c1-10-3-4-12(11(2)7-10)9-19-16(21)20-15-6-5-13(17)8-14(15)18/h3-8H,9H2,1-2H3,(H2,19,20,21). The van der Waals surface area contributed by atoms with Crippen molar-refractivity contribution in [3.05, 3.63) is 64.7 Å². The highest BCUT2D eigenvalue weighted by Crippen LogP contribution is 2.15. The molecule has 0 fully saturated rings. The van der Waals surface area contributed by atoms with Crippen molar-refractivity contribution >= 4 is 11.7 Å². The van der Waals surface area contributed by atoms with Crippen molar-refractivity contribution in [3.8, 4) is 0 Å². The van der Waals surface area contributed by atoms with Gasteiger partial charge in [0.15, 0.2) is 0 Å². The van der Waals surface area contributed by atoms with Crippen LogP contribution in [-0.2, 0) is 6.54 Å². The number of benzene rings is 2. The van der Waals surface area contributed by atoms with Gasteiger partial charge in [-0.05, 0) is 37.1 Å². The Morgan fingerprint density at radius 2 is 1.86 bits per heavy atom.